The van der Waals surface area contributed by atoms with Gasteiger partial charge in [-0.2, -0.15) is 0 Å². The van der Waals surface area contributed by atoms with Crippen LogP contribution in [-0.2, 0) is 0 Å². The summed E-state index contributed by atoms with van der Waals surface area (Å²) in [6.07, 6.45) is 0. The molecular weight excluding hydrogens is 270 g/mol. The third-order valence-corrected chi connectivity index (χ3v) is 3.65. The van der Waals surface area contributed by atoms with Crippen molar-refractivity contribution in [1.29, 1.82) is 0 Å². The molecule has 0 bridgehead atoms. The maximum Gasteiger partial charge on any atom is 0.0775 e. The number of rotatable bonds is 2. The molecule has 0 unspecified atom stereocenters. The van der Waals surface area contributed by atoms with Crippen LogP contribution in [0.5, 0.6) is 0 Å². The number of pyridine rings is 1. The molecule has 0 fully saturated rings. The number of hydrogen-bond acceptors (Lipinski definition) is 3. The van der Waals surface area contributed by atoms with Crippen molar-refractivity contribution in [2.24, 2.45) is 5.84 Å². The van der Waals surface area contributed by atoms with E-state index in [9.17, 15) is 0 Å². The van der Waals surface area contributed by atoms with Gasteiger partial charge in [0.05, 0.1) is 21.9 Å². The van der Waals surface area contributed by atoms with Gasteiger partial charge in [-0.25, -0.2) is 4.98 Å². The van der Waals surface area contributed by atoms with E-state index < -0.39 is 0 Å². The number of aromatic nitrogens is 1. The normalized spacial score (nSPS) is 10.8. The quantitative estimate of drug-likeness (QED) is 0.549. The number of hydrogen-bond donors (Lipinski definition) is 2. The fourth-order valence-corrected chi connectivity index (χ4v) is 2.56. The van der Waals surface area contributed by atoms with Crippen LogP contribution in [0.15, 0.2) is 48.5 Å². The van der Waals surface area contributed by atoms with Crippen LogP contribution >= 0.6 is 11.6 Å². The molecule has 0 saturated heterocycles. The lowest BCUT2D eigenvalue weighted by atomic mass is 10.1. The Balaban J connectivity index is 2.35. The summed E-state index contributed by atoms with van der Waals surface area (Å²) in [5, 5.41) is 1.50. The fourth-order valence-electron chi connectivity index (χ4n) is 2.30. The molecule has 20 heavy (non-hydrogen) atoms. The molecule has 1 aromatic heterocycles. The van der Waals surface area contributed by atoms with Gasteiger partial charge >= 0.3 is 0 Å². The first kappa shape index (κ1) is 12.9. The first-order valence-corrected chi connectivity index (χ1v) is 6.70. The van der Waals surface area contributed by atoms with Gasteiger partial charge in [-0.3, -0.25) is 5.84 Å². The Hall–Kier alpha value is -2.10. The number of nitrogens with one attached hydrogen (secondary N) is 1. The molecule has 0 saturated carbocycles. The van der Waals surface area contributed by atoms with Gasteiger partial charge in [0, 0.05) is 10.9 Å². The number of nitrogens with zero attached hydrogens (tertiary/aromatic N) is 1. The van der Waals surface area contributed by atoms with E-state index in [4.69, 9.17) is 22.4 Å². The number of anilines is 1. The second-order valence-corrected chi connectivity index (χ2v) is 5.06. The number of halogens is 1. The maximum atomic E-state index is 6.28. The Morgan fingerprint density at radius 3 is 2.55 bits per heavy atom. The lowest BCUT2D eigenvalue weighted by Gasteiger charge is -2.12. The largest absolute Gasteiger partial charge is 0.323 e. The van der Waals surface area contributed by atoms with Crippen molar-refractivity contribution in [2.45, 2.75) is 6.92 Å². The molecule has 0 atom stereocenters. The Bertz CT molecular complexity index is 770. The molecule has 3 nitrogen and oxygen atoms in total. The average Bonchev–Trinajstić information content (AvgIpc) is 2.51. The molecule has 0 aliphatic heterocycles. The minimum Gasteiger partial charge on any atom is -0.323 e. The van der Waals surface area contributed by atoms with Crippen LogP contribution in [0.2, 0.25) is 5.02 Å². The Morgan fingerprint density at radius 2 is 1.85 bits per heavy atom. The summed E-state index contributed by atoms with van der Waals surface area (Å²) in [6.45, 7) is 2.01. The predicted octanol–water partition coefficient (Wildman–Crippen LogP) is 4.15. The van der Waals surface area contributed by atoms with Crippen LogP contribution in [0.1, 0.15) is 5.56 Å². The number of nitrogen functional groups attached to an aromatic ring is 1. The fraction of sp³-hybridized carbons (Fsp3) is 0.0625. The summed E-state index contributed by atoms with van der Waals surface area (Å²) < 4.78 is 0. The Kier molecular flexibility index (Phi) is 3.30. The summed E-state index contributed by atoms with van der Waals surface area (Å²) in [5.74, 6) is 5.65. The highest BCUT2D eigenvalue weighted by Crippen LogP contribution is 2.34. The third kappa shape index (κ3) is 2.11. The molecule has 3 rings (SSSR count). The monoisotopic (exact) mass is 283 g/mol. The predicted molar refractivity (Wildman–Crippen MR) is 84.7 cm³/mol. The second kappa shape index (κ2) is 5.12. The van der Waals surface area contributed by atoms with E-state index >= 15 is 0 Å². The van der Waals surface area contributed by atoms with E-state index in [0.29, 0.717) is 5.02 Å². The number of fused-ring (bicyclic) bond motifs is 1. The smallest absolute Gasteiger partial charge is 0.0775 e. The van der Waals surface area contributed by atoms with Crippen LogP contribution in [0.25, 0.3) is 22.2 Å². The van der Waals surface area contributed by atoms with Crippen LogP contribution in [0.3, 0.4) is 0 Å². The van der Waals surface area contributed by atoms with Gasteiger partial charge in [0.2, 0.25) is 0 Å². The zero-order valence-corrected chi connectivity index (χ0v) is 11.8. The molecular formula is C16H14ClN3. The van der Waals surface area contributed by atoms with Gasteiger partial charge in [0.15, 0.2) is 0 Å². The second-order valence-electron chi connectivity index (χ2n) is 4.65. The number of aryl methyl sites for hydroxylation is 1. The highest BCUT2D eigenvalue weighted by atomic mass is 35.5. The van der Waals surface area contributed by atoms with E-state index in [1.54, 1.807) is 0 Å². The molecule has 3 aromatic rings. The summed E-state index contributed by atoms with van der Waals surface area (Å²) in [6, 6.07) is 15.8. The summed E-state index contributed by atoms with van der Waals surface area (Å²) in [7, 11) is 0. The van der Waals surface area contributed by atoms with Crippen molar-refractivity contribution in [2.75, 3.05) is 5.43 Å². The molecule has 4 heteroatoms. The average molecular weight is 284 g/mol. The van der Waals surface area contributed by atoms with Crippen molar-refractivity contribution >= 4 is 28.2 Å². The summed E-state index contributed by atoms with van der Waals surface area (Å²) in [5.41, 5.74) is 7.36. The minimum atomic E-state index is 0.644. The first-order chi connectivity index (χ1) is 9.70. The number of benzene rings is 2. The van der Waals surface area contributed by atoms with E-state index in [1.807, 2.05) is 55.5 Å². The third-order valence-electron chi connectivity index (χ3n) is 3.34. The van der Waals surface area contributed by atoms with Crippen LogP contribution in [0, 0.1) is 6.92 Å². The van der Waals surface area contributed by atoms with Crippen molar-refractivity contribution < 1.29 is 0 Å². The summed E-state index contributed by atoms with van der Waals surface area (Å²) in [4.78, 5) is 4.73. The van der Waals surface area contributed by atoms with Gasteiger partial charge in [0.25, 0.3) is 0 Å². The molecule has 0 aliphatic rings. The van der Waals surface area contributed by atoms with E-state index in [2.05, 4.69) is 5.43 Å². The van der Waals surface area contributed by atoms with Gasteiger partial charge in [-0.1, -0.05) is 48.0 Å². The van der Waals surface area contributed by atoms with Gasteiger partial charge in [-0.05, 0) is 24.6 Å². The van der Waals surface area contributed by atoms with Crippen LogP contribution in [-0.4, -0.2) is 4.98 Å². The molecule has 3 N–H and O–H groups in total. The van der Waals surface area contributed by atoms with E-state index in [1.165, 1.54) is 0 Å². The van der Waals surface area contributed by atoms with Crippen molar-refractivity contribution in [3.8, 4) is 11.3 Å². The highest BCUT2D eigenvalue weighted by Gasteiger charge is 2.11. The van der Waals surface area contributed by atoms with Gasteiger partial charge in [-0.15, -0.1) is 0 Å². The lowest BCUT2D eigenvalue weighted by Crippen LogP contribution is -2.08. The number of hydrazine groups is 1. The molecule has 0 amide bonds. The van der Waals surface area contributed by atoms with E-state index in [-0.39, 0.29) is 0 Å². The van der Waals surface area contributed by atoms with Crippen molar-refractivity contribution in [3.63, 3.8) is 0 Å². The zero-order chi connectivity index (χ0) is 14.1. The van der Waals surface area contributed by atoms with Crippen LogP contribution in [0.4, 0.5) is 5.69 Å². The van der Waals surface area contributed by atoms with Gasteiger partial charge < -0.3 is 5.43 Å². The zero-order valence-electron chi connectivity index (χ0n) is 11.0. The van der Waals surface area contributed by atoms with E-state index in [0.717, 1.165) is 33.4 Å². The molecule has 2 aromatic carbocycles. The maximum absolute atomic E-state index is 6.28. The molecule has 100 valence electrons. The van der Waals surface area contributed by atoms with Gasteiger partial charge in [0.1, 0.15) is 0 Å². The molecule has 0 spiro atoms. The SMILES string of the molecule is Cc1ccc(Cl)c2c(NN)cc(-c3ccccc3)nc12. The standard InChI is InChI=1S/C16H14ClN3/c1-10-7-8-12(17)15-14(20-18)9-13(19-16(10)15)11-5-3-2-4-6-11/h2-9H,18H2,1H3,(H,19,20). The molecule has 0 aliphatic carbocycles. The molecule has 1 heterocycles. The first-order valence-electron chi connectivity index (χ1n) is 6.32. The summed E-state index contributed by atoms with van der Waals surface area (Å²) >= 11 is 6.28. The topological polar surface area (TPSA) is 50.9 Å². The minimum absolute atomic E-state index is 0.644. The lowest BCUT2D eigenvalue weighted by molar-refractivity contribution is 1.32. The van der Waals surface area contributed by atoms with Crippen molar-refractivity contribution in [1.82, 2.24) is 4.98 Å². The number of nitrogens with two attached hydrogens (primary N) is 1. The van der Waals surface area contributed by atoms with Crippen LogP contribution < -0.4 is 11.3 Å². The Morgan fingerprint density at radius 1 is 1.10 bits per heavy atom. The van der Waals surface area contributed by atoms with Crippen molar-refractivity contribution in [3.05, 3.63) is 59.1 Å². The highest BCUT2D eigenvalue weighted by molar-refractivity contribution is 6.36. The molecule has 0 radical (unpaired) electrons. The Labute approximate surface area is 122 Å².